The SMILES string of the molecule is Cc1cccc(Cl)c1C(=O)NC1(C)CCN(c2cnc(-c3cc(OCC4CN(C(=O)O)CCO4)cn4ncc(C#N)c34)cn2)CC1. The molecule has 0 spiro atoms. The van der Waals surface area contributed by atoms with Crippen LogP contribution in [-0.2, 0) is 4.74 Å². The quantitative estimate of drug-likeness (QED) is 0.299. The first kappa shape index (κ1) is 31.1. The van der Waals surface area contributed by atoms with E-state index in [1.54, 1.807) is 35.2 Å². The number of amides is 2. The second-order valence-corrected chi connectivity index (χ2v) is 12.2. The summed E-state index contributed by atoms with van der Waals surface area (Å²) >= 11 is 6.32. The largest absolute Gasteiger partial charge is 0.489 e. The molecule has 2 N–H and O–H groups in total. The number of morpholine rings is 1. The number of aryl methyl sites for hydroxylation is 1. The summed E-state index contributed by atoms with van der Waals surface area (Å²) in [7, 11) is 0. The van der Waals surface area contributed by atoms with Crippen molar-refractivity contribution < 1.29 is 24.2 Å². The standard InChI is InChI=1S/C32H33ClN8O5/c1-20-4-3-5-25(33)28(20)30(42)38-32(2)6-8-39(9-7-32)27-16-35-26(15-36-27)24-12-22(18-41-29(24)21(13-34)14-37-41)46-19-23-17-40(31(43)44)10-11-45-23/h3-5,12,14-16,18,23H,6-11,17,19H2,1-2H3,(H,38,42)(H,43,44). The summed E-state index contributed by atoms with van der Waals surface area (Å²) in [5, 5.41) is 27.0. The molecule has 238 valence electrons. The van der Waals surface area contributed by atoms with Gasteiger partial charge < -0.3 is 29.7 Å². The maximum Gasteiger partial charge on any atom is 0.407 e. The van der Waals surface area contributed by atoms with Gasteiger partial charge in [-0.3, -0.25) is 9.78 Å². The van der Waals surface area contributed by atoms with E-state index >= 15 is 0 Å². The van der Waals surface area contributed by atoms with Crippen molar-refractivity contribution >= 4 is 34.9 Å². The topological polar surface area (TPSA) is 158 Å². The number of nitrogens with one attached hydrogen (secondary N) is 1. The molecule has 2 amide bonds. The molecule has 13 nitrogen and oxygen atoms in total. The van der Waals surface area contributed by atoms with Crippen LogP contribution in [0.1, 0.15) is 41.3 Å². The number of aromatic nitrogens is 4. The van der Waals surface area contributed by atoms with E-state index in [9.17, 15) is 20.0 Å². The molecule has 1 unspecified atom stereocenters. The molecule has 0 bridgehead atoms. The number of nitriles is 1. The third-order valence-electron chi connectivity index (χ3n) is 8.52. The second kappa shape index (κ2) is 12.8. The number of carbonyl (C=O) groups is 2. The van der Waals surface area contributed by atoms with Gasteiger partial charge in [-0.1, -0.05) is 23.7 Å². The van der Waals surface area contributed by atoms with Crippen molar-refractivity contribution in [1.29, 1.82) is 5.26 Å². The number of ether oxygens (including phenoxy) is 2. The van der Waals surface area contributed by atoms with Gasteiger partial charge in [0.05, 0.1) is 65.3 Å². The van der Waals surface area contributed by atoms with Crippen molar-refractivity contribution in [2.75, 3.05) is 44.3 Å². The van der Waals surface area contributed by atoms with Crippen molar-refractivity contribution in [1.82, 2.24) is 29.8 Å². The fourth-order valence-electron chi connectivity index (χ4n) is 5.87. The minimum atomic E-state index is -0.992. The Morgan fingerprint density at radius 2 is 2.02 bits per heavy atom. The fourth-order valence-corrected chi connectivity index (χ4v) is 6.18. The first-order chi connectivity index (χ1) is 22.1. The number of rotatable bonds is 7. The minimum Gasteiger partial charge on any atom is -0.489 e. The van der Waals surface area contributed by atoms with Gasteiger partial charge in [0.25, 0.3) is 5.91 Å². The maximum absolute atomic E-state index is 13.1. The zero-order valence-electron chi connectivity index (χ0n) is 25.4. The van der Waals surface area contributed by atoms with Crippen LogP contribution in [-0.4, -0.2) is 92.6 Å². The van der Waals surface area contributed by atoms with Gasteiger partial charge in [0.1, 0.15) is 30.3 Å². The molecule has 14 heteroatoms. The summed E-state index contributed by atoms with van der Waals surface area (Å²) in [5.41, 5.74) is 3.04. The average molecular weight is 645 g/mol. The van der Waals surface area contributed by atoms with Gasteiger partial charge in [-0.05, 0) is 44.4 Å². The van der Waals surface area contributed by atoms with Crippen molar-refractivity contribution in [3.63, 3.8) is 0 Å². The molecule has 6 rings (SSSR count). The number of hydrogen-bond acceptors (Lipinski definition) is 9. The highest BCUT2D eigenvalue weighted by atomic mass is 35.5. The molecule has 2 fully saturated rings. The van der Waals surface area contributed by atoms with E-state index in [1.807, 2.05) is 26.0 Å². The van der Waals surface area contributed by atoms with Gasteiger partial charge in [-0.25, -0.2) is 14.3 Å². The number of carboxylic acid groups (broad SMARTS) is 1. The van der Waals surface area contributed by atoms with Crippen LogP contribution in [0.4, 0.5) is 10.6 Å². The number of nitrogens with zero attached hydrogens (tertiary/aromatic N) is 7. The van der Waals surface area contributed by atoms with Crippen LogP contribution in [0.3, 0.4) is 0 Å². The Morgan fingerprint density at radius 1 is 1.22 bits per heavy atom. The molecule has 46 heavy (non-hydrogen) atoms. The Balaban J connectivity index is 1.15. The van der Waals surface area contributed by atoms with Gasteiger partial charge in [-0.2, -0.15) is 10.4 Å². The van der Waals surface area contributed by atoms with Crippen molar-refractivity contribution in [2.45, 2.75) is 38.3 Å². The Hall–Kier alpha value is -4.93. The van der Waals surface area contributed by atoms with Gasteiger partial charge >= 0.3 is 6.09 Å². The molecule has 1 atom stereocenters. The number of pyridine rings is 1. The Labute approximate surface area is 270 Å². The molecule has 3 aromatic heterocycles. The van der Waals surface area contributed by atoms with E-state index in [4.69, 9.17) is 31.0 Å². The summed E-state index contributed by atoms with van der Waals surface area (Å²) in [6, 6.07) is 9.38. The number of fused-ring (bicyclic) bond motifs is 1. The van der Waals surface area contributed by atoms with Crippen LogP contribution >= 0.6 is 11.6 Å². The molecule has 2 saturated heterocycles. The molecule has 5 heterocycles. The number of hydrogen-bond donors (Lipinski definition) is 2. The van der Waals surface area contributed by atoms with Crippen molar-refractivity contribution in [3.05, 3.63) is 70.8 Å². The molecule has 4 aromatic rings. The lowest BCUT2D eigenvalue weighted by Gasteiger charge is -2.40. The van der Waals surface area contributed by atoms with E-state index < -0.39 is 17.7 Å². The molecule has 1 aromatic carbocycles. The monoisotopic (exact) mass is 644 g/mol. The van der Waals surface area contributed by atoms with Gasteiger partial charge in [0.15, 0.2) is 0 Å². The number of benzene rings is 1. The van der Waals surface area contributed by atoms with Crippen LogP contribution in [0.15, 0.2) is 49.1 Å². The van der Waals surface area contributed by atoms with Crippen LogP contribution in [0, 0.1) is 18.3 Å². The predicted molar refractivity (Wildman–Crippen MR) is 169 cm³/mol. The highest BCUT2D eigenvalue weighted by molar-refractivity contribution is 6.34. The van der Waals surface area contributed by atoms with Gasteiger partial charge in [0, 0.05) is 30.7 Å². The highest BCUT2D eigenvalue weighted by Gasteiger charge is 2.33. The van der Waals surface area contributed by atoms with Gasteiger partial charge in [-0.15, -0.1) is 0 Å². The summed E-state index contributed by atoms with van der Waals surface area (Å²) in [4.78, 5) is 37.3. The van der Waals surface area contributed by atoms with E-state index in [1.165, 1.54) is 11.1 Å². The first-order valence-electron chi connectivity index (χ1n) is 14.9. The third kappa shape index (κ3) is 6.40. The second-order valence-electron chi connectivity index (χ2n) is 11.8. The van der Waals surface area contributed by atoms with E-state index in [0.717, 1.165) is 5.56 Å². The molecule has 0 aliphatic carbocycles. The summed E-state index contributed by atoms with van der Waals surface area (Å²) in [6.45, 7) is 6.22. The smallest absolute Gasteiger partial charge is 0.407 e. The summed E-state index contributed by atoms with van der Waals surface area (Å²) in [6.07, 6.45) is 6.51. The number of halogens is 1. The number of carbonyl (C=O) groups excluding carboxylic acids is 1. The number of anilines is 1. The molecule has 0 saturated carbocycles. The van der Waals surface area contributed by atoms with Crippen molar-refractivity contribution in [2.24, 2.45) is 0 Å². The molecule has 2 aliphatic rings. The minimum absolute atomic E-state index is 0.137. The van der Waals surface area contributed by atoms with E-state index in [-0.39, 0.29) is 19.1 Å². The van der Waals surface area contributed by atoms with Gasteiger partial charge in [0.2, 0.25) is 0 Å². The Kier molecular flexibility index (Phi) is 8.66. The average Bonchev–Trinajstić information content (AvgIpc) is 3.47. The zero-order valence-corrected chi connectivity index (χ0v) is 26.2. The lowest BCUT2D eigenvalue weighted by molar-refractivity contribution is -0.0412. The predicted octanol–water partition coefficient (Wildman–Crippen LogP) is 4.17. The lowest BCUT2D eigenvalue weighted by atomic mass is 9.89. The van der Waals surface area contributed by atoms with Crippen LogP contribution in [0.25, 0.3) is 16.8 Å². The Morgan fingerprint density at radius 3 is 2.72 bits per heavy atom. The van der Waals surface area contributed by atoms with Crippen LogP contribution in [0.2, 0.25) is 5.02 Å². The van der Waals surface area contributed by atoms with E-state index in [2.05, 4.69) is 21.4 Å². The fraction of sp³-hybridized carbons (Fsp3) is 0.375. The summed E-state index contributed by atoms with van der Waals surface area (Å²) < 4.78 is 13.3. The van der Waals surface area contributed by atoms with Crippen molar-refractivity contribution in [3.8, 4) is 23.1 Å². The molecule has 0 radical (unpaired) electrons. The molecular formula is C32H33ClN8O5. The lowest BCUT2D eigenvalue weighted by Crippen LogP contribution is -2.53. The van der Waals surface area contributed by atoms with Crippen LogP contribution in [0.5, 0.6) is 5.75 Å². The highest BCUT2D eigenvalue weighted by Crippen LogP contribution is 2.31. The number of piperidine rings is 1. The maximum atomic E-state index is 13.1. The molecular weight excluding hydrogens is 612 g/mol. The first-order valence-corrected chi connectivity index (χ1v) is 15.3. The normalized spacial score (nSPS) is 17.8. The Bertz CT molecular complexity index is 1790. The van der Waals surface area contributed by atoms with E-state index in [0.29, 0.717) is 83.6 Å². The summed E-state index contributed by atoms with van der Waals surface area (Å²) in [5.74, 6) is 0.987. The van der Waals surface area contributed by atoms with Crippen LogP contribution < -0.4 is 15.0 Å². The zero-order chi connectivity index (χ0) is 32.4. The molecule has 2 aliphatic heterocycles. The third-order valence-corrected chi connectivity index (χ3v) is 8.84.